The number of hydrogen-bond donors (Lipinski definition) is 2. The van der Waals surface area contributed by atoms with Crippen molar-refractivity contribution >= 4 is 31.9 Å². The number of aryl methyl sites for hydroxylation is 2. The average Bonchev–Trinajstić information content (AvgIpc) is 2.93. The summed E-state index contributed by atoms with van der Waals surface area (Å²) >= 11 is 3.34. The summed E-state index contributed by atoms with van der Waals surface area (Å²) in [6.07, 6.45) is 1.83. The number of aromatic nitrogens is 1. The quantitative estimate of drug-likeness (QED) is 0.683. The Morgan fingerprint density at radius 1 is 1.21 bits per heavy atom. The molecule has 0 bridgehead atoms. The third-order valence-corrected chi connectivity index (χ3v) is 5.38. The zero-order valence-electron chi connectivity index (χ0n) is 13.5. The lowest BCUT2D eigenvalue weighted by molar-refractivity contribution is 0.0945. The molecular formula is C16H20BrN3O3S. The molecule has 1 aromatic carbocycles. The van der Waals surface area contributed by atoms with Gasteiger partial charge in [0.25, 0.3) is 5.91 Å². The molecule has 2 rings (SSSR count). The fraction of sp³-hybridized carbons (Fsp3) is 0.312. The lowest BCUT2D eigenvalue weighted by atomic mass is 10.2. The summed E-state index contributed by atoms with van der Waals surface area (Å²) in [7, 11) is -3.56. The summed E-state index contributed by atoms with van der Waals surface area (Å²) in [5.74, 6) is -0.239. The predicted octanol–water partition coefficient (Wildman–Crippen LogP) is 2.29. The van der Waals surface area contributed by atoms with E-state index >= 15 is 0 Å². The van der Waals surface area contributed by atoms with Crippen LogP contribution in [0.2, 0.25) is 0 Å². The molecule has 0 spiro atoms. The standard InChI is InChI=1S/C16H20BrN3O3S/c1-3-20-11-13(17)10-15(20)16(21)18-8-9-19-24(22,23)14-6-4-12(2)5-7-14/h4-7,10-11,19H,3,8-9H2,1-2H3,(H,18,21). The molecule has 6 nitrogen and oxygen atoms in total. The van der Waals surface area contributed by atoms with E-state index in [1.165, 1.54) is 0 Å². The van der Waals surface area contributed by atoms with E-state index in [9.17, 15) is 13.2 Å². The van der Waals surface area contributed by atoms with Crippen LogP contribution in [0.25, 0.3) is 0 Å². The summed E-state index contributed by atoms with van der Waals surface area (Å²) < 4.78 is 29.4. The predicted molar refractivity (Wildman–Crippen MR) is 96.5 cm³/mol. The molecule has 0 saturated carbocycles. The van der Waals surface area contributed by atoms with Crippen LogP contribution in [0, 0.1) is 6.92 Å². The first-order valence-corrected chi connectivity index (χ1v) is 9.81. The second kappa shape index (κ2) is 7.96. The maximum absolute atomic E-state index is 12.1. The highest BCUT2D eigenvalue weighted by molar-refractivity contribution is 9.10. The molecule has 0 unspecified atom stereocenters. The van der Waals surface area contributed by atoms with Crippen LogP contribution in [-0.2, 0) is 16.6 Å². The Morgan fingerprint density at radius 3 is 2.50 bits per heavy atom. The second-order valence-electron chi connectivity index (χ2n) is 5.30. The second-order valence-corrected chi connectivity index (χ2v) is 7.98. The zero-order valence-corrected chi connectivity index (χ0v) is 15.9. The minimum atomic E-state index is -3.56. The van der Waals surface area contributed by atoms with Crippen LogP contribution in [0.1, 0.15) is 23.0 Å². The topological polar surface area (TPSA) is 80.2 Å². The van der Waals surface area contributed by atoms with Crippen molar-refractivity contribution in [2.24, 2.45) is 0 Å². The number of rotatable bonds is 7. The van der Waals surface area contributed by atoms with E-state index in [0.717, 1.165) is 10.0 Å². The minimum absolute atomic E-state index is 0.121. The molecule has 2 aromatic rings. The first kappa shape index (κ1) is 18.7. The van der Waals surface area contributed by atoms with Crippen molar-refractivity contribution in [1.29, 1.82) is 0 Å². The molecule has 0 aliphatic heterocycles. The molecule has 8 heteroatoms. The highest BCUT2D eigenvalue weighted by atomic mass is 79.9. The smallest absolute Gasteiger partial charge is 0.267 e. The fourth-order valence-corrected chi connectivity index (χ4v) is 3.68. The number of nitrogens with zero attached hydrogens (tertiary/aromatic N) is 1. The molecule has 0 radical (unpaired) electrons. The van der Waals surface area contributed by atoms with Crippen molar-refractivity contribution in [3.05, 3.63) is 52.3 Å². The Hall–Kier alpha value is -1.64. The van der Waals surface area contributed by atoms with Gasteiger partial charge >= 0.3 is 0 Å². The summed E-state index contributed by atoms with van der Waals surface area (Å²) in [5, 5.41) is 2.71. The molecule has 0 atom stereocenters. The highest BCUT2D eigenvalue weighted by Crippen LogP contribution is 2.14. The minimum Gasteiger partial charge on any atom is -0.349 e. The Balaban J connectivity index is 1.88. The molecule has 0 aliphatic carbocycles. The van der Waals surface area contributed by atoms with Crippen LogP contribution in [0.4, 0.5) is 0 Å². The monoisotopic (exact) mass is 413 g/mol. The van der Waals surface area contributed by atoms with Gasteiger partial charge in [0.05, 0.1) is 4.90 Å². The maximum Gasteiger partial charge on any atom is 0.267 e. The van der Waals surface area contributed by atoms with Gasteiger partial charge in [-0.3, -0.25) is 4.79 Å². The van der Waals surface area contributed by atoms with Crippen LogP contribution in [0.15, 0.2) is 45.9 Å². The summed E-state index contributed by atoms with van der Waals surface area (Å²) in [5.41, 5.74) is 1.53. The van der Waals surface area contributed by atoms with E-state index in [0.29, 0.717) is 12.2 Å². The van der Waals surface area contributed by atoms with Gasteiger partial charge in [0.15, 0.2) is 0 Å². The van der Waals surface area contributed by atoms with Crippen molar-refractivity contribution in [3.63, 3.8) is 0 Å². The average molecular weight is 414 g/mol. The van der Waals surface area contributed by atoms with Crippen molar-refractivity contribution in [3.8, 4) is 0 Å². The highest BCUT2D eigenvalue weighted by Gasteiger charge is 2.14. The first-order valence-electron chi connectivity index (χ1n) is 7.53. The third kappa shape index (κ3) is 4.68. The molecule has 130 valence electrons. The van der Waals surface area contributed by atoms with Gasteiger partial charge in [-0.2, -0.15) is 0 Å². The van der Waals surface area contributed by atoms with Gasteiger partial charge in [-0.15, -0.1) is 0 Å². The number of halogens is 1. The molecule has 24 heavy (non-hydrogen) atoms. The van der Waals surface area contributed by atoms with Gasteiger partial charge < -0.3 is 9.88 Å². The van der Waals surface area contributed by atoms with E-state index in [4.69, 9.17) is 0 Å². The normalized spacial score (nSPS) is 11.5. The van der Waals surface area contributed by atoms with Crippen LogP contribution >= 0.6 is 15.9 Å². The van der Waals surface area contributed by atoms with Crippen molar-refractivity contribution in [2.75, 3.05) is 13.1 Å². The maximum atomic E-state index is 12.1. The summed E-state index contributed by atoms with van der Waals surface area (Å²) in [4.78, 5) is 12.4. The summed E-state index contributed by atoms with van der Waals surface area (Å²) in [6, 6.07) is 8.33. The Labute approximate surface area is 150 Å². The number of amides is 1. The van der Waals surface area contributed by atoms with Crippen LogP contribution < -0.4 is 10.0 Å². The Morgan fingerprint density at radius 2 is 1.88 bits per heavy atom. The lowest BCUT2D eigenvalue weighted by Gasteiger charge is -2.09. The van der Waals surface area contributed by atoms with E-state index in [1.807, 2.05) is 24.6 Å². The van der Waals surface area contributed by atoms with E-state index < -0.39 is 10.0 Å². The number of nitrogens with one attached hydrogen (secondary N) is 2. The van der Waals surface area contributed by atoms with Gasteiger partial charge in [-0.05, 0) is 48.0 Å². The van der Waals surface area contributed by atoms with Crippen LogP contribution in [-0.4, -0.2) is 32.0 Å². The zero-order chi connectivity index (χ0) is 17.7. The van der Waals surface area contributed by atoms with Gasteiger partial charge in [0.1, 0.15) is 5.69 Å². The number of sulfonamides is 1. The van der Waals surface area contributed by atoms with Crippen molar-refractivity contribution in [2.45, 2.75) is 25.3 Å². The SMILES string of the molecule is CCn1cc(Br)cc1C(=O)NCCNS(=O)(=O)c1ccc(C)cc1. The molecular weight excluding hydrogens is 394 g/mol. The Kier molecular flexibility index (Phi) is 6.20. The van der Waals surface area contributed by atoms with Gasteiger partial charge in [-0.1, -0.05) is 17.7 Å². The molecule has 1 amide bonds. The van der Waals surface area contributed by atoms with E-state index in [-0.39, 0.29) is 23.9 Å². The lowest BCUT2D eigenvalue weighted by Crippen LogP contribution is -2.35. The molecule has 0 fully saturated rings. The number of hydrogen-bond acceptors (Lipinski definition) is 3. The molecule has 0 aliphatic rings. The first-order chi connectivity index (χ1) is 11.3. The largest absolute Gasteiger partial charge is 0.349 e. The van der Waals surface area contributed by atoms with Crippen molar-refractivity contribution < 1.29 is 13.2 Å². The van der Waals surface area contributed by atoms with E-state index in [2.05, 4.69) is 26.0 Å². The third-order valence-electron chi connectivity index (χ3n) is 3.47. The molecule has 1 heterocycles. The van der Waals surface area contributed by atoms with Gasteiger partial charge in [-0.25, -0.2) is 13.1 Å². The van der Waals surface area contributed by atoms with Crippen molar-refractivity contribution in [1.82, 2.24) is 14.6 Å². The molecule has 0 saturated heterocycles. The van der Waals surface area contributed by atoms with Gasteiger partial charge in [0.2, 0.25) is 10.0 Å². The number of carbonyl (C=O) groups is 1. The Bertz CT molecular complexity index is 814. The van der Waals surface area contributed by atoms with Crippen LogP contribution in [0.5, 0.6) is 0 Å². The van der Waals surface area contributed by atoms with E-state index in [1.54, 1.807) is 30.3 Å². The number of carbonyl (C=O) groups excluding carboxylic acids is 1. The van der Waals surface area contributed by atoms with Crippen LogP contribution in [0.3, 0.4) is 0 Å². The molecule has 2 N–H and O–H groups in total. The number of benzene rings is 1. The fourth-order valence-electron chi connectivity index (χ4n) is 2.18. The van der Waals surface area contributed by atoms with Gasteiger partial charge in [0, 0.05) is 30.3 Å². The summed E-state index contributed by atoms with van der Waals surface area (Å²) in [6.45, 7) is 4.84. The molecule has 1 aromatic heterocycles.